The number of allylic oxidation sites excluding steroid dienone is 5. The van der Waals surface area contributed by atoms with Crippen LogP contribution in [0, 0.1) is 6.92 Å². The van der Waals surface area contributed by atoms with Gasteiger partial charge in [0, 0.05) is 44.5 Å². The summed E-state index contributed by atoms with van der Waals surface area (Å²) in [6, 6.07) is 2.08. The van der Waals surface area contributed by atoms with Crippen LogP contribution in [0.1, 0.15) is 87.7 Å². The van der Waals surface area contributed by atoms with Gasteiger partial charge in [0.05, 0.1) is 12.7 Å². The molecular formula is C35H54O7. The van der Waals surface area contributed by atoms with Crippen LogP contribution in [0.3, 0.4) is 0 Å². The maximum Gasteiger partial charge on any atom is 0.116 e. The molecule has 42 heavy (non-hydrogen) atoms. The maximum absolute atomic E-state index is 10.2. The minimum Gasteiger partial charge on any atom is -0.491 e. The third-order valence-corrected chi connectivity index (χ3v) is 7.04. The Bertz CT molecular complexity index is 974. The van der Waals surface area contributed by atoms with Gasteiger partial charge in [-0.05, 0) is 70.1 Å². The van der Waals surface area contributed by atoms with E-state index in [-0.39, 0.29) is 19.1 Å². The van der Waals surface area contributed by atoms with Crippen LogP contribution < -0.4 is 0 Å². The lowest BCUT2D eigenvalue weighted by Crippen LogP contribution is -2.22. The quantitative estimate of drug-likeness (QED) is 0.0542. The van der Waals surface area contributed by atoms with Crippen LogP contribution in [0.2, 0.25) is 0 Å². The van der Waals surface area contributed by atoms with Crippen molar-refractivity contribution in [1.29, 1.82) is 0 Å². The van der Waals surface area contributed by atoms with Crippen LogP contribution >= 0.6 is 0 Å². The lowest BCUT2D eigenvalue weighted by molar-refractivity contribution is -0.00805. The molecule has 7 nitrogen and oxygen atoms in total. The number of furan rings is 1. The number of aryl methyl sites for hydroxylation is 1. The van der Waals surface area contributed by atoms with E-state index in [1.807, 2.05) is 19.1 Å². The fourth-order valence-corrected chi connectivity index (χ4v) is 4.43. The van der Waals surface area contributed by atoms with Crippen molar-refractivity contribution in [3.63, 3.8) is 0 Å². The van der Waals surface area contributed by atoms with E-state index in [4.69, 9.17) is 23.4 Å². The van der Waals surface area contributed by atoms with E-state index in [9.17, 15) is 10.2 Å². The van der Waals surface area contributed by atoms with Gasteiger partial charge in [0.2, 0.25) is 0 Å². The Kier molecular flexibility index (Phi) is 18.9. The Morgan fingerprint density at radius 2 is 1.79 bits per heavy atom. The molecule has 1 heterocycles. The molecule has 0 aliphatic heterocycles. The van der Waals surface area contributed by atoms with Crippen molar-refractivity contribution in [2.75, 3.05) is 46.2 Å². The van der Waals surface area contributed by atoms with Crippen LogP contribution in [0.5, 0.6) is 0 Å². The molecule has 0 fully saturated rings. The number of ether oxygens (including phenoxy) is 4. The third kappa shape index (κ3) is 15.7. The molecule has 7 heteroatoms. The molecule has 1 aliphatic carbocycles. The first-order valence-electron chi connectivity index (χ1n) is 15.6. The first kappa shape index (κ1) is 35.8. The highest BCUT2D eigenvalue weighted by atomic mass is 16.5. The zero-order valence-electron chi connectivity index (χ0n) is 25.9. The molecular weight excluding hydrogens is 532 g/mol. The Hall–Kier alpha value is -2.42. The number of rotatable bonds is 25. The van der Waals surface area contributed by atoms with Crippen molar-refractivity contribution < 1.29 is 33.6 Å². The Morgan fingerprint density at radius 1 is 1.02 bits per heavy atom. The molecule has 2 N–H and O–H groups in total. The predicted molar refractivity (Wildman–Crippen MR) is 169 cm³/mol. The van der Waals surface area contributed by atoms with Crippen LogP contribution in [-0.2, 0) is 18.9 Å². The molecule has 0 spiro atoms. The van der Waals surface area contributed by atoms with Gasteiger partial charge in [-0.3, -0.25) is 0 Å². The Morgan fingerprint density at radius 3 is 2.50 bits per heavy atom. The van der Waals surface area contributed by atoms with Gasteiger partial charge in [-0.15, -0.1) is 6.58 Å². The van der Waals surface area contributed by atoms with E-state index in [1.54, 1.807) is 6.08 Å². The van der Waals surface area contributed by atoms with Gasteiger partial charge in [-0.1, -0.05) is 56.2 Å². The number of aliphatic hydroxyl groups excluding tert-OH is 2. The highest BCUT2D eigenvalue weighted by molar-refractivity contribution is 5.54. The van der Waals surface area contributed by atoms with Gasteiger partial charge in [0.1, 0.15) is 30.0 Å². The normalized spacial score (nSPS) is 16.5. The van der Waals surface area contributed by atoms with Crippen LogP contribution in [0.4, 0.5) is 0 Å². The monoisotopic (exact) mass is 586 g/mol. The molecule has 1 aromatic heterocycles. The maximum atomic E-state index is 10.2. The fourth-order valence-electron chi connectivity index (χ4n) is 4.43. The molecule has 0 bridgehead atoms. The van der Waals surface area contributed by atoms with Crippen molar-refractivity contribution in [3.05, 3.63) is 78.0 Å². The van der Waals surface area contributed by atoms with Gasteiger partial charge in [-0.2, -0.15) is 0 Å². The van der Waals surface area contributed by atoms with Crippen LogP contribution in [-0.4, -0.2) is 68.7 Å². The molecule has 236 valence electrons. The topological polar surface area (TPSA) is 90.5 Å². The lowest BCUT2D eigenvalue weighted by Gasteiger charge is -2.14. The summed E-state index contributed by atoms with van der Waals surface area (Å²) in [5.41, 5.74) is 2.42. The van der Waals surface area contributed by atoms with Gasteiger partial charge in [-0.25, -0.2) is 0 Å². The summed E-state index contributed by atoms with van der Waals surface area (Å²) in [5, 5.41) is 20.1. The van der Waals surface area contributed by atoms with Gasteiger partial charge in [0.15, 0.2) is 0 Å². The van der Waals surface area contributed by atoms with Crippen molar-refractivity contribution in [2.24, 2.45) is 0 Å². The molecule has 2 rings (SSSR count). The molecule has 3 unspecified atom stereocenters. The van der Waals surface area contributed by atoms with Crippen molar-refractivity contribution in [2.45, 2.75) is 89.8 Å². The van der Waals surface area contributed by atoms with Crippen LogP contribution in [0.15, 0.2) is 65.4 Å². The van der Waals surface area contributed by atoms with Gasteiger partial charge in [0.25, 0.3) is 0 Å². The van der Waals surface area contributed by atoms with E-state index in [1.165, 1.54) is 24.8 Å². The smallest absolute Gasteiger partial charge is 0.116 e. The molecule has 0 saturated heterocycles. The second-order valence-corrected chi connectivity index (χ2v) is 10.8. The van der Waals surface area contributed by atoms with E-state index in [2.05, 4.69) is 44.4 Å². The van der Waals surface area contributed by atoms with E-state index >= 15 is 0 Å². The zero-order valence-corrected chi connectivity index (χ0v) is 25.9. The molecule has 3 atom stereocenters. The van der Waals surface area contributed by atoms with Crippen molar-refractivity contribution >= 4 is 6.08 Å². The highest BCUT2D eigenvalue weighted by Gasteiger charge is 2.16. The summed E-state index contributed by atoms with van der Waals surface area (Å²) in [7, 11) is 0. The van der Waals surface area contributed by atoms with Gasteiger partial charge >= 0.3 is 0 Å². The molecule has 0 saturated carbocycles. The van der Waals surface area contributed by atoms with Crippen molar-refractivity contribution in [1.82, 2.24) is 0 Å². The fraction of sp³-hybridized carbons (Fsp3) is 0.600. The lowest BCUT2D eigenvalue weighted by atomic mass is 9.92. The van der Waals surface area contributed by atoms with E-state index in [0.29, 0.717) is 58.1 Å². The minimum absolute atomic E-state index is 0.101. The second-order valence-electron chi connectivity index (χ2n) is 10.8. The van der Waals surface area contributed by atoms with E-state index < -0.39 is 12.2 Å². The zero-order chi connectivity index (χ0) is 30.4. The average molecular weight is 587 g/mol. The molecule has 0 radical (unpaired) electrons. The van der Waals surface area contributed by atoms with Gasteiger partial charge < -0.3 is 33.6 Å². The number of hydrogen-bond donors (Lipinski definition) is 2. The second kappa shape index (κ2) is 22.2. The summed E-state index contributed by atoms with van der Waals surface area (Å²) in [6.45, 7) is 14.7. The average Bonchev–Trinajstić information content (AvgIpc) is 3.36. The summed E-state index contributed by atoms with van der Waals surface area (Å²) >= 11 is 0. The molecule has 1 aliphatic rings. The first-order chi connectivity index (χ1) is 20.4. The van der Waals surface area contributed by atoms with Crippen LogP contribution in [0.25, 0.3) is 6.08 Å². The largest absolute Gasteiger partial charge is 0.491 e. The minimum atomic E-state index is -0.750. The number of unbranched alkanes of at least 4 members (excludes halogenated alkanes) is 2. The Labute approximate surface area is 253 Å². The summed E-state index contributed by atoms with van der Waals surface area (Å²) in [4.78, 5) is 0. The third-order valence-electron chi connectivity index (χ3n) is 7.04. The molecule has 1 aromatic rings. The highest BCUT2D eigenvalue weighted by Crippen LogP contribution is 2.31. The Balaban J connectivity index is 1.53. The number of aliphatic hydroxyl groups is 2. The van der Waals surface area contributed by atoms with Crippen molar-refractivity contribution in [3.8, 4) is 0 Å². The standard InChI is InChI=1S/C35H54O7/c1-5-7-9-11-30-13-16-31(17-14-30)35-25-32(29(4)42-35)15-12-28(3)41-27-34(37)26-40-22-10-21-39-24-19-33(36)18-23-38-20-8-6-2/h6,12-16,25,31,33-34,36-37H,2-3,5,7-11,17-24,26-27H2,1,4H3/b15-12-. The number of hydrogen-bond acceptors (Lipinski definition) is 7. The SMILES string of the molecule is C=CCCOCCC(O)CCOCCCOCC(O)COC(=C)/C=C\c1cc(C2C=CC(CCCCC)=CC2)oc1C. The summed E-state index contributed by atoms with van der Waals surface area (Å²) in [6.07, 6.45) is 19.8. The summed E-state index contributed by atoms with van der Waals surface area (Å²) < 4.78 is 28.1. The summed E-state index contributed by atoms with van der Waals surface area (Å²) in [5.74, 6) is 2.55. The first-order valence-corrected chi connectivity index (χ1v) is 15.6. The molecule has 0 amide bonds. The van der Waals surface area contributed by atoms with E-state index in [0.717, 1.165) is 36.3 Å². The predicted octanol–water partition coefficient (Wildman–Crippen LogP) is 7.20. The molecule has 0 aromatic carbocycles.